The van der Waals surface area contributed by atoms with Crippen LogP contribution < -0.4 is 0 Å². The molecule has 1 aromatic carbocycles. The van der Waals surface area contributed by atoms with Crippen LogP contribution in [0.25, 0.3) is 11.3 Å². The minimum atomic E-state index is -0.887. The lowest BCUT2D eigenvalue weighted by atomic mass is 9.98. The summed E-state index contributed by atoms with van der Waals surface area (Å²) in [5, 5.41) is 17.2. The van der Waals surface area contributed by atoms with Gasteiger partial charge in [-0.05, 0) is 12.8 Å². The summed E-state index contributed by atoms with van der Waals surface area (Å²) < 4.78 is 1.44. The van der Waals surface area contributed by atoms with Crippen molar-refractivity contribution in [3.63, 3.8) is 0 Å². The fourth-order valence-corrected chi connectivity index (χ4v) is 3.17. The molecule has 1 aromatic heterocycles. The van der Waals surface area contributed by atoms with Crippen molar-refractivity contribution in [3.05, 3.63) is 36.5 Å². The fraction of sp³-hybridized carbons (Fsp3) is 0.421. The number of carbonyl (C=O) groups is 3. The second-order valence-corrected chi connectivity index (χ2v) is 6.93. The maximum atomic E-state index is 12.4. The third-order valence-electron chi connectivity index (χ3n) is 4.83. The first kappa shape index (κ1) is 19.5. The lowest BCUT2D eigenvalue weighted by molar-refractivity contribution is -0.147. The number of likely N-dealkylation sites (N-methyl/N-ethyl adjacent to an activating group) is 1. The highest BCUT2D eigenvalue weighted by molar-refractivity contribution is 5.85. The van der Waals surface area contributed by atoms with E-state index in [0.29, 0.717) is 25.1 Å². The molecule has 1 atom stereocenters. The first-order valence-electron chi connectivity index (χ1n) is 9.14. The van der Waals surface area contributed by atoms with Crippen LogP contribution in [-0.4, -0.2) is 74.4 Å². The van der Waals surface area contributed by atoms with Crippen LogP contribution in [0.4, 0.5) is 0 Å². The van der Waals surface area contributed by atoms with Crippen LogP contribution >= 0.6 is 0 Å². The molecular formula is C19H23N5O4. The number of nitrogens with zero attached hydrogens (tertiary/aromatic N) is 5. The van der Waals surface area contributed by atoms with Gasteiger partial charge >= 0.3 is 5.97 Å². The number of amides is 2. The minimum absolute atomic E-state index is 0.0264. The number of likely N-dealkylation sites (tertiary alicyclic amines) is 1. The Kier molecular flexibility index (Phi) is 6.03. The normalized spacial score (nSPS) is 16.6. The summed E-state index contributed by atoms with van der Waals surface area (Å²) in [5.41, 5.74) is 1.57. The Bertz CT molecular complexity index is 851. The lowest BCUT2D eigenvalue weighted by Gasteiger charge is -2.32. The van der Waals surface area contributed by atoms with Crippen molar-refractivity contribution in [2.75, 3.05) is 26.7 Å². The van der Waals surface area contributed by atoms with Gasteiger partial charge in [0.1, 0.15) is 12.2 Å². The SMILES string of the molecule is CN(CC(=O)N1CCCC(C(=O)O)C1)C(=O)Cn1cc(-c2ccccc2)nn1. The van der Waals surface area contributed by atoms with Gasteiger partial charge in [0.05, 0.1) is 18.7 Å². The van der Waals surface area contributed by atoms with Gasteiger partial charge in [-0.25, -0.2) is 4.68 Å². The number of hydrogen-bond donors (Lipinski definition) is 1. The summed E-state index contributed by atoms with van der Waals surface area (Å²) in [6, 6.07) is 9.52. The Morgan fingerprint density at radius 3 is 2.71 bits per heavy atom. The van der Waals surface area contributed by atoms with Crippen molar-refractivity contribution in [1.82, 2.24) is 24.8 Å². The number of aromatic nitrogens is 3. The van der Waals surface area contributed by atoms with Crippen LogP contribution in [0.3, 0.4) is 0 Å². The zero-order valence-corrected chi connectivity index (χ0v) is 15.7. The Morgan fingerprint density at radius 1 is 1.25 bits per heavy atom. The van der Waals surface area contributed by atoms with Gasteiger partial charge in [0.25, 0.3) is 0 Å². The van der Waals surface area contributed by atoms with E-state index in [1.807, 2.05) is 30.3 Å². The van der Waals surface area contributed by atoms with Crippen LogP contribution in [0, 0.1) is 5.92 Å². The van der Waals surface area contributed by atoms with E-state index in [1.165, 1.54) is 14.5 Å². The number of piperidine rings is 1. The predicted molar refractivity (Wildman–Crippen MR) is 100 cm³/mol. The molecule has 3 rings (SSSR count). The lowest BCUT2D eigenvalue weighted by Crippen LogP contribution is -2.47. The molecule has 0 saturated carbocycles. The molecule has 1 aliphatic rings. The number of carbonyl (C=O) groups excluding carboxylic acids is 2. The summed E-state index contributed by atoms with van der Waals surface area (Å²) in [7, 11) is 1.55. The van der Waals surface area contributed by atoms with Crippen LogP contribution in [-0.2, 0) is 20.9 Å². The standard InChI is InChI=1S/C19H23N5O4/c1-22(12-18(26)23-9-5-8-15(10-23)19(27)28)17(25)13-24-11-16(20-21-24)14-6-3-2-4-7-14/h2-4,6-7,11,15H,5,8-10,12-13H2,1H3,(H,27,28). The smallest absolute Gasteiger partial charge is 0.308 e. The number of carboxylic acid groups (broad SMARTS) is 1. The third-order valence-corrected chi connectivity index (χ3v) is 4.83. The molecule has 1 saturated heterocycles. The van der Waals surface area contributed by atoms with E-state index in [0.717, 1.165) is 5.56 Å². The highest BCUT2D eigenvalue weighted by Gasteiger charge is 2.29. The quantitative estimate of drug-likeness (QED) is 0.785. The number of benzene rings is 1. The molecular weight excluding hydrogens is 362 g/mol. The minimum Gasteiger partial charge on any atom is -0.481 e. The molecule has 9 heteroatoms. The first-order chi connectivity index (χ1) is 13.4. The molecule has 28 heavy (non-hydrogen) atoms. The summed E-state index contributed by atoms with van der Waals surface area (Å²) in [4.78, 5) is 38.8. The second-order valence-electron chi connectivity index (χ2n) is 6.93. The van der Waals surface area contributed by atoms with Gasteiger partial charge < -0.3 is 14.9 Å². The van der Waals surface area contributed by atoms with E-state index in [1.54, 1.807) is 13.2 Å². The summed E-state index contributed by atoms with van der Waals surface area (Å²) in [6.07, 6.45) is 2.91. The molecule has 2 heterocycles. The van der Waals surface area contributed by atoms with E-state index in [-0.39, 0.29) is 31.4 Å². The van der Waals surface area contributed by atoms with Crippen LogP contribution in [0.5, 0.6) is 0 Å². The molecule has 148 valence electrons. The van der Waals surface area contributed by atoms with Gasteiger partial charge in [0.2, 0.25) is 11.8 Å². The Balaban J connectivity index is 1.54. The average Bonchev–Trinajstić information content (AvgIpc) is 3.17. The Morgan fingerprint density at radius 2 is 2.00 bits per heavy atom. The first-order valence-corrected chi connectivity index (χ1v) is 9.14. The zero-order chi connectivity index (χ0) is 20.1. The maximum absolute atomic E-state index is 12.4. The van der Waals surface area contributed by atoms with Crippen molar-refractivity contribution in [2.45, 2.75) is 19.4 Å². The molecule has 0 aliphatic carbocycles. The van der Waals surface area contributed by atoms with Gasteiger partial charge in [-0.15, -0.1) is 5.10 Å². The van der Waals surface area contributed by atoms with Gasteiger partial charge in [0.15, 0.2) is 0 Å². The van der Waals surface area contributed by atoms with E-state index in [2.05, 4.69) is 10.3 Å². The molecule has 1 aliphatic heterocycles. The number of rotatable bonds is 6. The number of aliphatic carboxylic acids is 1. The Hall–Kier alpha value is -3.23. The topological polar surface area (TPSA) is 109 Å². The molecule has 2 amide bonds. The van der Waals surface area contributed by atoms with Crippen molar-refractivity contribution in [1.29, 1.82) is 0 Å². The fourth-order valence-electron chi connectivity index (χ4n) is 3.17. The van der Waals surface area contributed by atoms with Crippen molar-refractivity contribution in [3.8, 4) is 11.3 Å². The van der Waals surface area contributed by atoms with Crippen LogP contribution in [0.15, 0.2) is 36.5 Å². The summed E-state index contributed by atoms with van der Waals surface area (Å²) in [5.74, 6) is -1.94. The highest BCUT2D eigenvalue weighted by Crippen LogP contribution is 2.17. The van der Waals surface area contributed by atoms with Crippen molar-refractivity contribution < 1.29 is 19.5 Å². The predicted octanol–water partition coefficient (Wildman–Crippen LogP) is 0.727. The Labute approximate surface area is 162 Å². The number of hydrogen-bond acceptors (Lipinski definition) is 5. The van der Waals surface area contributed by atoms with E-state index < -0.39 is 11.9 Å². The molecule has 0 bridgehead atoms. The molecule has 0 spiro atoms. The van der Waals surface area contributed by atoms with Crippen LogP contribution in [0.2, 0.25) is 0 Å². The summed E-state index contributed by atoms with van der Waals surface area (Å²) in [6.45, 7) is 0.598. The molecule has 1 unspecified atom stereocenters. The largest absolute Gasteiger partial charge is 0.481 e. The van der Waals surface area contributed by atoms with Gasteiger partial charge in [0, 0.05) is 25.7 Å². The molecule has 1 N–H and O–H groups in total. The average molecular weight is 385 g/mol. The van der Waals surface area contributed by atoms with Crippen molar-refractivity contribution in [2.24, 2.45) is 5.92 Å². The molecule has 0 radical (unpaired) electrons. The maximum Gasteiger partial charge on any atom is 0.308 e. The summed E-state index contributed by atoms with van der Waals surface area (Å²) >= 11 is 0. The number of carboxylic acids is 1. The molecule has 1 fully saturated rings. The van der Waals surface area contributed by atoms with E-state index in [4.69, 9.17) is 5.11 Å². The third kappa shape index (κ3) is 4.73. The zero-order valence-electron chi connectivity index (χ0n) is 15.7. The van der Waals surface area contributed by atoms with Crippen LogP contribution in [0.1, 0.15) is 12.8 Å². The van der Waals surface area contributed by atoms with E-state index >= 15 is 0 Å². The van der Waals surface area contributed by atoms with Gasteiger partial charge in [-0.2, -0.15) is 0 Å². The van der Waals surface area contributed by atoms with Crippen molar-refractivity contribution >= 4 is 17.8 Å². The molecule has 2 aromatic rings. The van der Waals surface area contributed by atoms with E-state index in [9.17, 15) is 14.4 Å². The second kappa shape index (κ2) is 8.64. The van der Waals surface area contributed by atoms with Gasteiger partial charge in [-0.3, -0.25) is 14.4 Å². The highest BCUT2D eigenvalue weighted by atomic mass is 16.4. The monoisotopic (exact) mass is 385 g/mol. The molecule has 9 nitrogen and oxygen atoms in total. The van der Waals surface area contributed by atoms with Gasteiger partial charge in [-0.1, -0.05) is 35.5 Å².